The average molecular weight is 273 g/mol. The Morgan fingerprint density at radius 2 is 2.44 bits per heavy atom. The van der Waals surface area contributed by atoms with Crippen molar-refractivity contribution in [3.05, 3.63) is 21.6 Å². The molecule has 0 saturated carbocycles. The van der Waals surface area contributed by atoms with Gasteiger partial charge in [-0.05, 0) is 13.3 Å². The quantitative estimate of drug-likeness (QED) is 0.511. The third-order valence-corrected chi connectivity index (χ3v) is 3.27. The number of nitro groups is 1. The van der Waals surface area contributed by atoms with E-state index in [0.717, 1.165) is 13.0 Å². The molecule has 2 rings (SSSR count). The van der Waals surface area contributed by atoms with Gasteiger partial charge in [0.2, 0.25) is 11.0 Å². The van der Waals surface area contributed by atoms with Crippen LogP contribution in [0.4, 0.5) is 11.5 Å². The average Bonchev–Trinajstić information content (AvgIpc) is 2.81. The van der Waals surface area contributed by atoms with Crippen molar-refractivity contribution in [2.24, 2.45) is 5.92 Å². The number of hydrogen-bond donors (Lipinski definition) is 1. The fraction of sp³-hybridized carbons (Fsp3) is 0.600. The van der Waals surface area contributed by atoms with Crippen LogP contribution in [0.3, 0.4) is 0 Å². The van der Waals surface area contributed by atoms with E-state index < -0.39 is 4.92 Å². The third kappa shape index (κ3) is 2.68. The van der Waals surface area contributed by atoms with Crippen molar-refractivity contribution in [2.45, 2.75) is 19.4 Å². The number of hydrogen-bond acceptors (Lipinski definition) is 6. The molecule has 2 unspecified atom stereocenters. The minimum absolute atomic E-state index is 0.0252. The summed E-state index contributed by atoms with van der Waals surface area (Å²) < 4.78 is 5.28. The SMILES string of the molecule is CC(Nc1ncnc(Cl)c1[N+](=O)[O-])C1CCOC1. The normalized spacial score (nSPS) is 20.7. The monoisotopic (exact) mass is 272 g/mol. The predicted molar refractivity (Wildman–Crippen MR) is 65.7 cm³/mol. The summed E-state index contributed by atoms with van der Waals surface area (Å²) in [5, 5.41) is 13.8. The number of halogens is 1. The maximum atomic E-state index is 10.9. The van der Waals surface area contributed by atoms with Crippen LogP contribution in [-0.4, -0.2) is 34.1 Å². The second kappa shape index (κ2) is 5.45. The maximum Gasteiger partial charge on any atom is 0.348 e. The van der Waals surface area contributed by atoms with Crippen LogP contribution in [0.15, 0.2) is 6.33 Å². The van der Waals surface area contributed by atoms with Gasteiger partial charge in [0, 0.05) is 18.6 Å². The van der Waals surface area contributed by atoms with Crippen molar-refractivity contribution in [3.63, 3.8) is 0 Å². The number of ether oxygens (including phenoxy) is 1. The van der Waals surface area contributed by atoms with Gasteiger partial charge in [0.15, 0.2) is 0 Å². The van der Waals surface area contributed by atoms with Gasteiger partial charge < -0.3 is 10.1 Å². The molecular formula is C10H13ClN4O3. The van der Waals surface area contributed by atoms with E-state index in [1.165, 1.54) is 6.33 Å². The largest absolute Gasteiger partial charge is 0.381 e. The van der Waals surface area contributed by atoms with Gasteiger partial charge in [0.05, 0.1) is 11.5 Å². The van der Waals surface area contributed by atoms with Crippen LogP contribution in [0.5, 0.6) is 0 Å². The summed E-state index contributed by atoms with van der Waals surface area (Å²) >= 11 is 5.71. The number of nitrogens with one attached hydrogen (secondary N) is 1. The molecule has 1 aromatic rings. The lowest BCUT2D eigenvalue weighted by Crippen LogP contribution is -2.27. The van der Waals surface area contributed by atoms with Gasteiger partial charge in [-0.3, -0.25) is 10.1 Å². The van der Waals surface area contributed by atoms with E-state index in [1.807, 2.05) is 6.92 Å². The summed E-state index contributed by atoms with van der Waals surface area (Å²) in [6.07, 6.45) is 2.14. The maximum absolute atomic E-state index is 10.9. The highest BCUT2D eigenvalue weighted by atomic mass is 35.5. The Hall–Kier alpha value is -1.47. The summed E-state index contributed by atoms with van der Waals surface area (Å²) in [5.41, 5.74) is -0.287. The first kappa shape index (κ1) is 13.0. The van der Waals surface area contributed by atoms with E-state index in [2.05, 4.69) is 15.3 Å². The molecule has 0 aromatic carbocycles. The second-order valence-corrected chi connectivity index (χ2v) is 4.53. The lowest BCUT2D eigenvalue weighted by molar-refractivity contribution is -0.384. The van der Waals surface area contributed by atoms with Gasteiger partial charge in [-0.15, -0.1) is 0 Å². The zero-order chi connectivity index (χ0) is 13.1. The number of rotatable bonds is 4. The lowest BCUT2D eigenvalue weighted by atomic mass is 10.0. The Labute approximate surface area is 109 Å². The molecular weight excluding hydrogens is 260 g/mol. The predicted octanol–water partition coefficient (Wildman–Crippen LogP) is 1.88. The van der Waals surface area contributed by atoms with Crippen molar-refractivity contribution >= 4 is 23.1 Å². The fourth-order valence-electron chi connectivity index (χ4n) is 1.91. The highest BCUT2D eigenvalue weighted by molar-refractivity contribution is 6.31. The van der Waals surface area contributed by atoms with Crippen LogP contribution >= 0.6 is 11.6 Å². The highest BCUT2D eigenvalue weighted by Gasteiger charge is 2.27. The van der Waals surface area contributed by atoms with Crippen molar-refractivity contribution < 1.29 is 9.66 Å². The molecule has 0 aliphatic carbocycles. The molecule has 8 heteroatoms. The van der Waals surface area contributed by atoms with Gasteiger partial charge in [-0.1, -0.05) is 11.6 Å². The van der Waals surface area contributed by atoms with Crippen molar-refractivity contribution in [1.29, 1.82) is 0 Å². The lowest BCUT2D eigenvalue weighted by Gasteiger charge is -2.19. The fourth-order valence-corrected chi connectivity index (χ4v) is 2.11. The molecule has 1 fully saturated rings. The third-order valence-electron chi connectivity index (χ3n) is 3.00. The van der Waals surface area contributed by atoms with Gasteiger partial charge in [0.25, 0.3) is 0 Å². The molecule has 0 radical (unpaired) electrons. The minimum Gasteiger partial charge on any atom is -0.381 e. The molecule has 0 bridgehead atoms. The zero-order valence-electron chi connectivity index (χ0n) is 9.80. The van der Waals surface area contributed by atoms with Gasteiger partial charge in [0.1, 0.15) is 6.33 Å². The molecule has 1 saturated heterocycles. The van der Waals surface area contributed by atoms with E-state index in [4.69, 9.17) is 16.3 Å². The summed E-state index contributed by atoms with van der Waals surface area (Å²) in [6, 6.07) is 0.0252. The van der Waals surface area contributed by atoms with Gasteiger partial charge in [-0.25, -0.2) is 9.97 Å². The van der Waals surface area contributed by atoms with E-state index >= 15 is 0 Å². The minimum atomic E-state index is -0.581. The van der Waals surface area contributed by atoms with E-state index in [1.54, 1.807) is 0 Å². The molecule has 0 amide bonds. The zero-order valence-corrected chi connectivity index (χ0v) is 10.6. The first-order valence-corrected chi connectivity index (χ1v) is 5.96. The number of anilines is 1. The Kier molecular flexibility index (Phi) is 3.93. The summed E-state index contributed by atoms with van der Waals surface area (Å²) in [7, 11) is 0. The van der Waals surface area contributed by atoms with Crippen molar-refractivity contribution in [1.82, 2.24) is 9.97 Å². The topological polar surface area (TPSA) is 90.2 Å². The van der Waals surface area contributed by atoms with E-state index in [0.29, 0.717) is 12.5 Å². The van der Waals surface area contributed by atoms with Crippen LogP contribution in [0.2, 0.25) is 5.15 Å². The molecule has 1 N–H and O–H groups in total. The molecule has 1 aromatic heterocycles. The van der Waals surface area contributed by atoms with Crippen LogP contribution in [0, 0.1) is 16.0 Å². The molecule has 2 heterocycles. The van der Waals surface area contributed by atoms with Crippen LogP contribution in [-0.2, 0) is 4.74 Å². The van der Waals surface area contributed by atoms with Crippen molar-refractivity contribution in [2.75, 3.05) is 18.5 Å². The summed E-state index contributed by atoms with van der Waals surface area (Å²) in [5.74, 6) is 0.470. The summed E-state index contributed by atoms with van der Waals surface area (Å²) in [6.45, 7) is 3.32. The second-order valence-electron chi connectivity index (χ2n) is 4.18. The van der Waals surface area contributed by atoms with Crippen LogP contribution in [0.1, 0.15) is 13.3 Å². The highest BCUT2D eigenvalue weighted by Crippen LogP contribution is 2.30. The van der Waals surface area contributed by atoms with Crippen LogP contribution < -0.4 is 5.32 Å². The van der Waals surface area contributed by atoms with Gasteiger partial charge >= 0.3 is 5.69 Å². The molecule has 2 atom stereocenters. The smallest absolute Gasteiger partial charge is 0.348 e. The molecule has 7 nitrogen and oxygen atoms in total. The molecule has 98 valence electrons. The first-order valence-electron chi connectivity index (χ1n) is 5.58. The van der Waals surface area contributed by atoms with Crippen molar-refractivity contribution in [3.8, 4) is 0 Å². The van der Waals surface area contributed by atoms with Gasteiger partial charge in [-0.2, -0.15) is 0 Å². The molecule has 1 aliphatic heterocycles. The van der Waals surface area contributed by atoms with Crippen LogP contribution in [0.25, 0.3) is 0 Å². The number of nitrogens with zero attached hydrogens (tertiary/aromatic N) is 3. The summed E-state index contributed by atoms with van der Waals surface area (Å²) in [4.78, 5) is 17.8. The van der Waals surface area contributed by atoms with E-state index in [-0.39, 0.29) is 22.7 Å². The number of aromatic nitrogens is 2. The first-order chi connectivity index (χ1) is 8.59. The Morgan fingerprint density at radius 1 is 1.67 bits per heavy atom. The Bertz CT molecular complexity index is 451. The molecule has 18 heavy (non-hydrogen) atoms. The Morgan fingerprint density at radius 3 is 3.06 bits per heavy atom. The Balaban J connectivity index is 2.17. The standard InChI is InChI=1S/C10H13ClN4O3/c1-6(7-2-3-18-4-7)14-10-8(15(16)17)9(11)12-5-13-10/h5-7H,2-4H2,1H3,(H,12,13,14). The van der Waals surface area contributed by atoms with E-state index in [9.17, 15) is 10.1 Å². The molecule has 1 aliphatic rings. The molecule has 0 spiro atoms.